The minimum Gasteiger partial charge on any atom is -0.277 e. The van der Waals surface area contributed by atoms with Crippen LogP contribution in [0.1, 0.15) is 22.2 Å². The number of thiophene rings is 1. The summed E-state index contributed by atoms with van der Waals surface area (Å²) >= 11 is 1.28. The van der Waals surface area contributed by atoms with Crippen LogP contribution in [-0.2, 0) is 6.54 Å². The summed E-state index contributed by atoms with van der Waals surface area (Å²) in [6.07, 6.45) is 0. The van der Waals surface area contributed by atoms with Gasteiger partial charge in [-0.15, -0.1) is 11.3 Å². The SMILES string of the molecule is CCn1c(NNC(=O)c2sc3ccc(F)cc3c2C)nc2ccccc2c1=O. The van der Waals surface area contributed by atoms with E-state index in [1.54, 1.807) is 37.3 Å². The highest BCUT2D eigenvalue weighted by Gasteiger charge is 2.17. The Morgan fingerprint density at radius 3 is 2.79 bits per heavy atom. The number of aromatic nitrogens is 2. The second kappa shape index (κ2) is 7.05. The zero-order valence-electron chi connectivity index (χ0n) is 15.2. The van der Waals surface area contributed by atoms with Gasteiger partial charge < -0.3 is 0 Å². The molecule has 2 heterocycles. The molecule has 2 aromatic heterocycles. The van der Waals surface area contributed by atoms with Crippen LogP contribution in [0.2, 0.25) is 0 Å². The molecule has 1 amide bonds. The molecular weight excluding hydrogens is 379 g/mol. The predicted molar refractivity (Wildman–Crippen MR) is 109 cm³/mol. The van der Waals surface area contributed by atoms with Crippen molar-refractivity contribution in [3.8, 4) is 0 Å². The van der Waals surface area contributed by atoms with E-state index in [1.165, 1.54) is 28.0 Å². The van der Waals surface area contributed by atoms with Gasteiger partial charge in [-0.25, -0.2) is 9.37 Å². The Morgan fingerprint density at radius 1 is 1.21 bits per heavy atom. The summed E-state index contributed by atoms with van der Waals surface area (Å²) < 4.78 is 15.8. The number of fused-ring (bicyclic) bond motifs is 2. The third-order valence-electron chi connectivity index (χ3n) is 4.57. The molecule has 2 aromatic carbocycles. The molecule has 0 aliphatic heterocycles. The number of hydrogen-bond donors (Lipinski definition) is 2. The van der Waals surface area contributed by atoms with Crippen LogP contribution in [-0.4, -0.2) is 15.5 Å². The zero-order valence-corrected chi connectivity index (χ0v) is 16.1. The number of hydrazine groups is 1. The van der Waals surface area contributed by atoms with Gasteiger partial charge in [-0.3, -0.25) is 25.0 Å². The average Bonchev–Trinajstić information content (AvgIpc) is 3.02. The summed E-state index contributed by atoms with van der Waals surface area (Å²) in [5.41, 5.74) is 6.44. The third-order valence-corrected chi connectivity index (χ3v) is 5.84. The number of benzene rings is 2. The molecule has 0 unspecified atom stereocenters. The average molecular weight is 396 g/mol. The zero-order chi connectivity index (χ0) is 19.8. The van der Waals surface area contributed by atoms with Crippen LogP contribution in [0.25, 0.3) is 21.0 Å². The summed E-state index contributed by atoms with van der Waals surface area (Å²) in [6.45, 7) is 4.01. The number of aryl methyl sites for hydroxylation is 1. The van der Waals surface area contributed by atoms with Crippen molar-refractivity contribution in [2.45, 2.75) is 20.4 Å². The summed E-state index contributed by atoms with van der Waals surface area (Å²) in [5.74, 6) is -0.459. The highest BCUT2D eigenvalue weighted by atomic mass is 32.1. The Balaban J connectivity index is 1.65. The lowest BCUT2D eigenvalue weighted by Gasteiger charge is -2.13. The van der Waals surface area contributed by atoms with E-state index in [-0.39, 0.29) is 23.2 Å². The number of para-hydroxylation sites is 1. The van der Waals surface area contributed by atoms with Crippen LogP contribution in [0.5, 0.6) is 0 Å². The molecule has 0 aliphatic carbocycles. The quantitative estimate of drug-likeness (QED) is 0.514. The van der Waals surface area contributed by atoms with Gasteiger partial charge in [0.2, 0.25) is 5.95 Å². The first-order valence-electron chi connectivity index (χ1n) is 8.74. The third kappa shape index (κ3) is 3.01. The molecule has 0 bridgehead atoms. The molecule has 0 radical (unpaired) electrons. The van der Waals surface area contributed by atoms with Crippen LogP contribution in [0.15, 0.2) is 47.3 Å². The Bertz CT molecular complexity index is 1280. The normalized spacial score (nSPS) is 11.1. The van der Waals surface area contributed by atoms with Gasteiger partial charge in [-0.1, -0.05) is 12.1 Å². The number of nitrogens with one attached hydrogen (secondary N) is 2. The van der Waals surface area contributed by atoms with Gasteiger partial charge in [-0.2, -0.15) is 0 Å². The number of carbonyl (C=O) groups is 1. The van der Waals surface area contributed by atoms with E-state index >= 15 is 0 Å². The smallest absolute Gasteiger partial charge is 0.277 e. The Kier molecular flexibility index (Phi) is 4.56. The van der Waals surface area contributed by atoms with Gasteiger partial charge in [0, 0.05) is 11.2 Å². The maximum atomic E-state index is 13.5. The molecule has 142 valence electrons. The van der Waals surface area contributed by atoms with E-state index < -0.39 is 0 Å². The molecule has 6 nitrogen and oxygen atoms in total. The highest BCUT2D eigenvalue weighted by Crippen LogP contribution is 2.31. The fraction of sp³-hybridized carbons (Fsp3) is 0.150. The number of rotatable bonds is 4. The van der Waals surface area contributed by atoms with Crippen LogP contribution in [0.4, 0.5) is 10.3 Å². The number of hydrogen-bond acceptors (Lipinski definition) is 5. The first kappa shape index (κ1) is 18.1. The van der Waals surface area contributed by atoms with Gasteiger partial charge in [0.05, 0.1) is 15.8 Å². The second-order valence-electron chi connectivity index (χ2n) is 6.28. The molecule has 28 heavy (non-hydrogen) atoms. The van der Waals surface area contributed by atoms with Gasteiger partial charge in [0.1, 0.15) is 5.82 Å². The summed E-state index contributed by atoms with van der Waals surface area (Å²) in [4.78, 5) is 30.2. The van der Waals surface area contributed by atoms with E-state index in [9.17, 15) is 14.0 Å². The maximum absolute atomic E-state index is 13.5. The van der Waals surface area contributed by atoms with Gasteiger partial charge in [-0.05, 0) is 55.1 Å². The number of anilines is 1. The molecule has 0 saturated carbocycles. The van der Waals surface area contributed by atoms with E-state index in [0.717, 1.165) is 4.70 Å². The largest absolute Gasteiger partial charge is 0.280 e. The lowest BCUT2D eigenvalue weighted by atomic mass is 10.1. The van der Waals surface area contributed by atoms with Crippen molar-refractivity contribution < 1.29 is 9.18 Å². The Labute approximate surface area is 163 Å². The highest BCUT2D eigenvalue weighted by molar-refractivity contribution is 7.21. The van der Waals surface area contributed by atoms with Crippen LogP contribution in [0.3, 0.4) is 0 Å². The molecule has 4 aromatic rings. The van der Waals surface area contributed by atoms with Gasteiger partial charge in [0.15, 0.2) is 0 Å². The van der Waals surface area contributed by atoms with Crippen LogP contribution in [0, 0.1) is 12.7 Å². The molecular formula is C20H17FN4O2S. The molecule has 0 spiro atoms. The summed E-state index contributed by atoms with van der Waals surface area (Å²) in [5, 5.41) is 1.23. The van der Waals surface area contributed by atoms with Gasteiger partial charge >= 0.3 is 0 Å². The fourth-order valence-corrected chi connectivity index (χ4v) is 4.22. The van der Waals surface area contributed by atoms with Crippen molar-refractivity contribution >= 4 is 44.2 Å². The number of carbonyl (C=O) groups excluding carboxylic acids is 1. The Hall–Kier alpha value is -3.26. The van der Waals surface area contributed by atoms with Crippen molar-refractivity contribution in [1.82, 2.24) is 15.0 Å². The monoisotopic (exact) mass is 396 g/mol. The minimum atomic E-state index is -0.371. The van der Waals surface area contributed by atoms with E-state index in [2.05, 4.69) is 15.8 Å². The maximum Gasteiger partial charge on any atom is 0.280 e. The van der Waals surface area contributed by atoms with Crippen LogP contribution < -0.4 is 16.4 Å². The van der Waals surface area contributed by atoms with Gasteiger partial charge in [0.25, 0.3) is 11.5 Å². The lowest BCUT2D eigenvalue weighted by Crippen LogP contribution is -2.34. The molecule has 0 aliphatic rings. The van der Waals surface area contributed by atoms with Crippen molar-refractivity contribution in [3.05, 3.63) is 69.1 Å². The van der Waals surface area contributed by atoms with E-state index in [1.807, 2.05) is 6.92 Å². The number of halogens is 1. The van der Waals surface area contributed by atoms with E-state index in [0.29, 0.717) is 33.3 Å². The molecule has 0 saturated heterocycles. The number of nitrogens with zero attached hydrogens (tertiary/aromatic N) is 2. The fourth-order valence-electron chi connectivity index (χ4n) is 3.14. The molecule has 8 heteroatoms. The first-order chi connectivity index (χ1) is 13.5. The minimum absolute atomic E-state index is 0.182. The molecule has 0 atom stereocenters. The predicted octanol–water partition coefficient (Wildman–Crippen LogP) is 3.84. The molecule has 0 fully saturated rings. The van der Waals surface area contributed by atoms with E-state index in [4.69, 9.17) is 0 Å². The first-order valence-corrected chi connectivity index (χ1v) is 9.56. The molecule has 2 N–H and O–H groups in total. The van der Waals surface area contributed by atoms with Crippen molar-refractivity contribution in [2.24, 2.45) is 0 Å². The van der Waals surface area contributed by atoms with Crippen molar-refractivity contribution in [2.75, 3.05) is 5.43 Å². The van der Waals surface area contributed by atoms with Crippen LogP contribution >= 0.6 is 11.3 Å². The number of amides is 1. The summed E-state index contributed by atoms with van der Waals surface area (Å²) in [6, 6.07) is 11.5. The Morgan fingerprint density at radius 2 is 2.00 bits per heavy atom. The topological polar surface area (TPSA) is 76.0 Å². The van der Waals surface area contributed by atoms with Crippen molar-refractivity contribution in [1.29, 1.82) is 0 Å². The van der Waals surface area contributed by atoms with Crippen molar-refractivity contribution in [3.63, 3.8) is 0 Å². The second-order valence-corrected chi connectivity index (χ2v) is 7.33. The lowest BCUT2D eigenvalue weighted by molar-refractivity contribution is 0.0965. The standard InChI is InChI=1S/C20H17FN4O2S/c1-3-25-19(27)13-6-4-5-7-15(13)22-20(25)24-23-18(26)17-11(2)14-10-12(21)8-9-16(14)28-17/h4-10H,3H2,1-2H3,(H,22,24)(H,23,26). The summed E-state index contributed by atoms with van der Waals surface area (Å²) in [7, 11) is 0. The molecule has 4 rings (SSSR count).